The highest BCUT2D eigenvalue weighted by molar-refractivity contribution is 7.89. The zero-order chi connectivity index (χ0) is 21.9. The number of amides is 1. The second kappa shape index (κ2) is 8.84. The number of anilines is 1. The van der Waals surface area contributed by atoms with Crippen LogP contribution in [0.25, 0.3) is 0 Å². The third-order valence-electron chi connectivity index (χ3n) is 4.68. The molecular formula is C21H28N2O5S. The molecule has 2 aromatic carbocycles. The van der Waals surface area contributed by atoms with Gasteiger partial charge in [0, 0.05) is 18.8 Å². The van der Waals surface area contributed by atoms with E-state index in [9.17, 15) is 13.2 Å². The number of benzene rings is 2. The van der Waals surface area contributed by atoms with Crippen molar-refractivity contribution in [3.05, 3.63) is 46.5 Å². The van der Waals surface area contributed by atoms with Gasteiger partial charge in [-0.3, -0.25) is 4.79 Å². The number of methoxy groups -OCH3 is 2. The number of hydrogen-bond acceptors (Lipinski definition) is 5. The molecule has 0 bridgehead atoms. The molecule has 8 heteroatoms. The Kier molecular flexibility index (Phi) is 6.92. The maximum Gasteiger partial charge on any atom is 0.243 e. The van der Waals surface area contributed by atoms with Crippen molar-refractivity contribution in [1.82, 2.24) is 4.31 Å². The van der Waals surface area contributed by atoms with Crippen molar-refractivity contribution in [1.29, 1.82) is 0 Å². The van der Waals surface area contributed by atoms with Crippen LogP contribution >= 0.6 is 0 Å². The molecule has 2 rings (SSSR count). The Morgan fingerprint density at radius 3 is 1.97 bits per heavy atom. The fraction of sp³-hybridized carbons (Fsp3) is 0.381. The second-order valence-corrected chi connectivity index (χ2v) is 9.07. The van der Waals surface area contributed by atoms with Gasteiger partial charge in [0.1, 0.15) is 0 Å². The van der Waals surface area contributed by atoms with Gasteiger partial charge < -0.3 is 14.8 Å². The van der Waals surface area contributed by atoms with E-state index in [-0.39, 0.29) is 11.4 Å². The minimum atomic E-state index is -3.90. The lowest BCUT2D eigenvalue weighted by molar-refractivity contribution is -0.116. The van der Waals surface area contributed by atoms with Gasteiger partial charge in [0.2, 0.25) is 15.9 Å². The molecule has 0 fully saturated rings. The molecule has 29 heavy (non-hydrogen) atoms. The van der Waals surface area contributed by atoms with E-state index in [4.69, 9.17) is 9.47 Å². The van der Waals surface area contributed by atoms with Crippen LogP contribution in [0.1, 0.15) is 22.3 Å². The molecule has 0 aliphatic carbocycles. The highest BCUT2D eigenvalue weighted by Gasteiger charge is 2.27. The molecule has 0 heterocycles. The summed E-state index contributed by atoms with van der Waals surface area (Å²) in [5.74, 6) is 0.333. The van der Waals surface area contributed by atoms with Crippen molar-refractivity contribution in [2.45, 2.75) is 32.6 Å². The van der Waals surface area contributed by atoms with Gasteiger partial charge in [0.05, 0.1) is 25.7 Å². The Labute approximate surface area is 172 Å². The van der Waals surface area contributed by atoms with Crippen LogP contribution in [0.5, 0.6) is 11.5 Å². The lowest BCUT2D eigenvalue weighted by Crippen LogP contribution is -2.35. The Balaban J connectivity index is 2.26. The number of nitrogens with zero attached hydrogens (tertiary/aromatic N) is 1. The summed E-state index contributed by atoms with van der Waals surface area (Å²) in [6.07, 6.45) is 0. The summed E-state index contributed by atoms with van der Waals surface area (Å²) in [5.41, 5.74) is 4.16. The van der Waals surface area contributed by atoms with Crippen LogP contribution in [-0.4, -0.2) is 46.4 Å². The summed E-state index contributed by atoms with van der Waals surface area (Å²) in [7, 11) is 0.391. The van der Waals surface area contributed by atoms with E-state index in [0.29, 0.717) is 22.7 Å². The summed E-state index contributed by atoms with van der Waals surface area (Å²) in [5, 5.41) is 2.83. The van der Waals surface area contributed by atoms with Gasteiger partial charge >= 0.3 is 0 Å². The lowest BCUT2D eigenvalue weighted by Gasteiger charge is -2.20. The van der Waals surface area contributed by atoms with Gasteiger partial charge in [-0.2, -0.15) is 4.31 Å². The third-order valence-corrected chi connectivity index (χ3v) is 6.62. The van der Waals surface area contributed by atoms with Crippen molar-refractivity contribution in [3.8, 4) is 11.5 Å². The van der Waals surface area contributed by atoms with Gasteiger partial charge in [-0.25, -0.2) is 8.42 Å². The van der Waals surface area contributed by atoms with Gasteiger partial charge in [-0.1, -0.05) is 17.7 Å². The average molecular weight is 421 g/mol. The van der Waals surface area contributed by atoms with E-state index in [0.717, 1.165) is 21.0 Å². The van der Waals surface area contributed by atoms with Crippen molar-refractivity contribution >= 4 is 21.6 Å². The average Bonchev–Trinajstić information content (AvgIpc) is 2.63. The van der Waals surface area contributed by atoms with E-state index in [1.165, 1.54) is 27.3 Å². The predicted octanol–water partition coefficient (Wildman–Crippen LogP) is 3.20. The molecule has 2 aromatic rings. The van der Waals surface area contributed by atoms with Crippen LogP contribution in [0.15, 0.2) is 29.2 Å². The summed E-state index contributed by atoms with van der Waals surface area (Å²) in [4.78, 5) is 12.6. The zero-order valence-corrected chi connectivity index (χ0v) is 18.7. The number of ether oxygens (including phenoxy) is 2. The molecule has 1 N–H and O–H groups in total. The molecule has 0 saturated heterocycles. The first-order valence-corrected chi connectivity index (χ1v) is 10.5. The number of carbonyl (C=O) groups is 1. The van der Waals surface area contributed by atoms with Crippen molar-refractivity contribution in [2.24, 2.45) is 0 Å². The number of likely N-dealkylation sites (N-methyl/N-ethyl adjacent to an activating group) is 1. The number of nitrogens with one attached hydrogen (secondary N) is 1. The Morgan fingerprint density at radius 2 is 1.45 bits per heavy atom. The molecule has 158 valence electrons. The second-order valence-electron chi connectivity index (χ2n) is 7.06. The van der Waals surface area contributed by atoms with Gasteiger partial charge in [-0.15, -0.1) is 0 Å². The van der Waals surface area contributed by atoms with Crippen LogP contribution in [0.3, 0.4) is 0 Å². The minimum absolute atomic E-state index is 0.0631. The fourth-order valence-corrected chi connectivity index (χ4v) is 4.60. The molecule has 0 aromatic heterocycles. The summed E-state index contributed by atoms with van der Waals surface area (Å²) >= 11 is 0. The number of sulfonamides is 1. The number of hydrogen-bond donors (Lipinski definition) is 1. The summed E-state index contributed by atoms with van der Waals surface area (Å²) < 4.78 is 37.5. The number of rotatable bonds is 7. The Morgan fingerprint density at radius 1 is 0.931 bits per heavy atom. The molecule has 0 unspecified atom stereocenters. The van der Waals surface area contributed by atoms with E-state index < -0.39 is 15.9 Å². The Hall–Kier alpha value is -2.58. The van der Waals surface area contributed by atoms with E-state index >= 15 is 0 Å². The molecule has 0 aliphatic rings. The van der Waals surface area contributed by atoms with Crippen LogP contribution in [0, 0.1) is 27.7 Å². The predicted molar refractivity (Wildman–Crippen MR) is 113 cm³/mol. The highest BCUT2D eigenvalue weighted by atomic mass is 32.2. The van der Waals surface area contributed by atoms with Gasteiger partial charge in [0.25, 0.3) is 0 Å². The largest absolute Gasteiger partial charge is 0.493 e. The zero-order valence-electron chi connectivity index (χ0n) is 17.9. The maximum atomic E-state index is 13.0. The molecule has 0 radical (unpaired) electrons. The molecule has 0 spiro atoms. The van der Waals surface area contributed by atoms with Crippen LogP contribution in [-0.2, 0) is 14.8 Å². The van der Waals surface area contributed by atoms with Crippen LogP contribution < -0.4 is 14.8 Å². The number of aryl methyl sites for hydroxylation is 4. The summed E-state index contributed by atoms with van der Waals surface area (Å²) in [6.45, 7) is 7.15. The molecule has 1 amide bonds. The smallest absolute Gasteiger partial charge is 0.243 e. The first kappa shape index (κ1) is 22.7. The first-order chi connectivity index (χ1) is 13.5. The van der Waals surface area contributed by atoms with Gasteiger partial charge in [0.15, 0.2) is 11.5 Å². The third kappa shape index (κ3) is 4.89. The Bertz CT molecular complexity index is 1010. The van der Waals surface area contributed by atoms with Crippen molar-refractivity contribution < 1.29 is 22.7 Å². The molecule has 0 aliphatic heterocycles. The van der Waals surface area contributed by atoms with Crippen molar-refractivity contribution in [3.63, 3.8) is 0 Å². The van der Waals surface area contributed by atoms with E-state index in [2.05, 4.69) is 5.32 Å². The minimum Gasteiger partial charge on any atom is -0.493 e. The molecular weight excluding hydrogens is 392 g/mol. The van der Waals surface area contributed by atoms with E-state index in [1.807, 2.05) is 32.9 Å². The van der Waals surface area contributed by atoms with Crippen molar-refractivity contribution in [2.75, 3.05) is 33.1 Å². The lowest BCUT2D eigenvalue weighted by atomic mass is 10.1. The highest BCUT2D eigenvalue weighted by Crippen LogP contribution is 2.33. The van der Waals surface area contributed by atoms with Crippen LogP contribution in [0.2, 0.25) is 0 Å². The molecule has 0 saturated carbocycles. The number of carbonyl (C=O) groups excluding carboxylic acids is 1. The monoisotopic (exact) mass is 420 g/mol. The van der Waals surface area contributed by atoms with Gasteiger partial charge in [-0.05, 0) is 50.5 Å². The normalized spacial score (nSPS) is 11.4. The quantitative estimate of drug-likeness (QED) is 0.744. The SMILES string of the molecule is COc1cc(C)c(S(=O)(=O)N(C)CC(=O)Nc2c(C)cc(C)cc2C)cc1OC. The van der Waals surface area contributed by atoms with Crippen LogP contribution in [0.4, 0.5) is 5.69 Å². The fourth-order valence-electron chi connectivity index (χ4n) is 3.25. The molecule has 0 atom stereocenters. The summed E-state index contributed by atoms with van der Waals surface area (Å²) in [6, 6.07) is 6.94. The molecule has 7 nitrogen and oxygen atoms in total. The first-order valence-electron chi connectivity index (χ1n) is 9.08. The maximum absolute atomic E-state index is 13.0. The van der Waals surface area contributed by atoms with E-state index in [1.54, 1.807) is 13.0 Å². The standard InChI is InChI=1S/C21H28N2O5S/c1-13-8-15(3)21(16(4)9-13)22-20(24)12-23(5)29(25,26)19-11-18(28-7)17(27-6)10-14(19)2/h8-11H,12H2,1-7H3,(H,22,24). The topological polar surface area (TPSA) is 84.9 Å².